The Bertz CT molecular complexity index is 551. The van der Waals surface area contributed by atoms with Gasteiger partial charge in [0.25, 0.3) is 0 Å². The molecule has 0 radical (unpaired) electrons. The average Bonchev–Trinajstić information content (AvgIpc) is 3.02. The fourth-order valence-electron chi connectivity index (χ4n) is 3.31. The van der Waals surface area contributed by atoms with Crippen LogP contribution in [-0.2, 0) is 17.3 Å². The third kappa shape index (κ3) is 4.80. The van der Waals surface area contributed by atoms with Crippen LogP contribution < -0.4 is 5.32 Å². The fraction of sp³-hybridized carbons (Fsp3) is 0.611. The second kappa shape index (κ2) is 7.95. The monoisotopic (exact) mass is 336 g/mol. The molecule has 1 fully saturated rings. The van der Waals surface area contributed by atoms with Crippen LogP contribution in [0.2, 0.25) is 0 Å². The van der Waals surface area contributed by atoms with Gasteiger partial charge in [0.05, 0.1) is 0 Å². The van der Waals surface area contributed by atoms with Gasteiger partial charge in [0, 0.05) is 42.1 Å². The highest BCUT2D eigenvalue weighted by molar-refractivity contribution is 7.84. The lowest BCUT2D eigenvalue weighted by atomic mass is 9.83. The molecule has 1 aromatic rings. The van der Waals surface area contributed by atoms with Crippen molar-refractivity contribution in [3.05, 3.63) is 29.8 Å². The molecule has 0 aromatic heterocycles. The summed E-state index contributed by atoms with van der Waals surface area (Å²) in [6, 6.07) is 7.58. The number of nitrogens with zero attached hydrogens (tertiary/aromatic N) is 1. The number of hydrogen-bond acceptors (Lipinski definition) is 2. The van der Waals surface area contributed by atoms with Gasteiger partial charge in [-0.3, -0.25) is 4.21 Å². The Morgan fingerprint density at radius 2 is 1.87 bits per heavy atom. The largest absolute Gasteiger partial charge is 0.337 e. The van der Waals surface area contributed by atoms with Gasteiger partial charge < -0.3 is 10.2 Å². The van der Waals surface area contributed by atoms with E-state index < -0.39 is 10.8 Å². The maximum Gasteiger partial charge on any atom is 0.317 e. The van der Waals surface area contributed by atoms with Crippen LogP contribution >= 0.6 is 0 Å². The Morgan fingerprint density at radius 3 is 2.39 bits per heavy atom. The Labute approximate surface area is 142 Å². The number of hydrogen-bond donors (Lipinski definition) is 1. The van der Waals surface area contributed by atoms with Crippen molar-refractivity contribution in [1.82, 2.24) is 10.2 Å². The van der Waals surface area contributed by atoms with E-state index in [2.05, 4.69) is 12.2 Å². The summed E-state index contributed by atoms with van der Waals surface area (Å²) in [5, 5.41) is 3.10. The molecule has 128 valence electrons. The summed E-state index contributed by atoms with van der Waals surface area (Å²) in [6.45, 7) is 3.56. The molecule has 1 saturated carbocycles. The highest BCUT2D eigenvalue weighted by Gasteiger charge is 2.32. The van der Waals surface area contributed by atoms with Gasteiger partial charge in [0.2, 0.25) is 0 Å². The summed E-state index contributed by atoms with van der Waals surface area (Å²) in [5.41, 5.74) is 1.35. The zero-order valence-electron chi connectivity index (χ0n) is 14.4. The molecule has 1 aromatic carbocycles. The van der Waals surface area contributed by atoms with Gasteiger partial charge in [-0.2, -0.15) is 0 Å². The van der Waals surface area contributed by atoms with Crippen LogP contribution in [0.1, 0.15) is 44.6 Å². The van der Waals surface area contributed by atoms with E-state index in [1.807, 2.05) is 31.3 Å². The SMILES string of the molecule is CCC1(CNC(=O)N(C)Cc2ccc(S(C)=O)cc2)CCCC1. The molecule has 1 aliphatic carbocycles. The van der Waals surface area contributed by atoms with Crippen molar-refractivity contribution in [3.63, 3.8) is 0 Å². The number of urea groups is 1. The first-order valence-electron chi connectivity index (χ1n) is 8.37. The molecule has 4 nitrogen and oxygen atoms in total. The van der Waals surface area contributed by atoms with Gasteiger partial charge in [-0.1, -0.05) is 31.9 Å². The van der Waals surface area contributed by atoms with Gasteiger partial charge in [-0.25, -0.2) is 4.79 Å². The maximum absolute atomic E-state index is 12.3. The second-order valence-electron chi connectivity index (χ2n) is 6.67. The van der Waals surface area contributed by atoms with Crippen LogP contribution in [0.5, 0.6) is 0 Å². The van der Waals surface area contributed by atoms with Crippen LogP contribution in [0.3, 0.4) is 0 Å². The van der Waals surface area contributed by atoms with Crippen molar-refractivity contribution in [2.24, 2.45) is 5.41 Å². The Morgan fingerprint density at radius 1 is 1.26 bits per heavy atom. The molecule has 0 aliphatic heterocycles. The Hall–Kier alpha value is -1.36. The molecule has 2 rings (SSSR count). The number of nitrogens with one attached hydrogen (secondary N) is 1. The molecule has 1 unspecified atom stereocenters. The lowest BCUT2D eigenvalue weighted by Gasteiger charge is -2.29. The molecule has 0 heterocycles. The first-order valence-corrected chi connectivity index (χ1v) is 9.93. The van der Waals surface area contributed by atoms with Gasteiger partial charge in [-0.15, -0.1) is 0 Å². The molecule has 23 heavy (non-hydrogen) atoms. The van der Waals surface area contributed by atoms with E-state index in [1.54, 1.807) is 11.2 Å². The van der Waals surface area contributed by atoms with Crippen molar-refractivity contribution >= 4 is 16.8 Å². The minimum atomic E-state index is -0.962. The molecule has 1 N–H and O–H groups in total. The second-order valence-corrected chi connectivity index (χ2v) is 8.05. The summed E-state index contributed by atoms with van der Waals surface area (Å²) in [7, 11) is 0.852. The Balaban J connectivity index is 1.86. The topological polar surface area (TPSA) is 49.4 Å². The molecule has 1 atom stereocenters. The van der Waals surface area contributed by atoms with Crippen LogP contribution in [0.15, 0.2) is 29.2 Å². The van der Waals surface area contributed by atoms with Gasteiger partial charge in [-0.05, 0) is 42.4 Å². The minimum Gasteiger partial charge on any atom is -0.337 e. The predicted molar refractivity (Wildman–Crippen MR) is 94.8 cm³/mol. The zero-order chi connectivity index (χ0) is 16.9. The van der Waals surface area contributed by atoms with E-state index in [9.17, 15) is 9.00 Å². The van der Waals surface area contributed by atoms with E-state index in [-0.39, 0.29) is 6.03 Å². The first kappa shape index (κ1) is 18.0. The van der Waals surface area contributed by atoms with Crippen molar-refractivity contribution in [2.75, 3.05) is 19.8 Å². The number of benzene rings is 1. The fourth-order valence-corrected chi connectivity index (χ4v) is 3.83. The number of amides is 2. The Kier molecular flexibility index (Phi) is 6.22. The van der Waals surface area contributed by atoms with Crippen molar-refractivity contribution in [1.29, 1.82) is 0 Å². The molecule has 1 aliphatic rings. The molecule has 2 amide bonds. The smallest absolute Gasteiger partial charge is 0.317 e. The molecular formula is C18H28N2O2S. The summed E-state index contributed by atoms with van der Waals surface area (Å²) in [5.74, 6) is 0. The third-order valence-electron chi connectivity index (χ3n) is 5.05. The van der Waals surface area contributed by atoms with E-state index in [0.29, 0.717) is 12.0 Å². The zero-order valence-corrected chi connectivity index (χ0v) is 15.2. The van der Waals surface area contributed by atoms with Crippen molar-refractivity contribution in [3.8, 4) is 0 Å². The average molecular weight is 337 g/mol. The highest BCUT2D eigenvalue weighted by atomic mass is 32.2. The molecule has 5 heteroatoms. The third-order valence-corrected chi connectivity index (χ3v) is 5.99. The molecule has 0 bridgehead atoms. The van der Waals surface area contributed by atoms with Crippen LogP contribution in [0, 0.1) is 5.41 Å². The molecule has 0 saturated heterocycles. The summed E-state index contributed by atoms with van der Waals surface area (Å²) in [6.07, 6.45) is 7.81. The molecular weight excluding hydrogens is 308 g/mol. The summed E-state index contributed by atoms with van der Waals surface area (Å²) < 4.78 is 11.4. The van der Waals surface area contributed by atoms with E-state index >= 15 is 0 Å². The highest BCUT2D eigenvalue weighted by Crippen LogP contribution is 2.40. The normalized spacial score (nSPS) is 17.7. The lowest BCUT2D eigenvalue weighted by Crippen LogP contribution is -2.42. The standard InChI is InChI=1S/C18H28N2O2S/c1-4-18(11-5-6-12-18)14-19-17(21)20(2)13-15-7-9-16(10-8-15)23(3)22/h7-10H,4-6,11-14H2,1-3H3,(H,19,21). The van der Waals surface area contributed by atoms with Gasteiger partial charge >= 0.3 is 6.03 Å². The van der Waals surface area contributed by atoms with Crippen molar-refractivity contribution in [2.45, 2.75) is 50.5 Å². The van der Waals surface area contributed by atoms with Gasteiger partial charge in [0.15, 0.2) is 0 Å². The van der Waals surface area contributed by atoms with Crippen molar-refractivity contribution < 1.29 is 9.00 Å². The van der Waals surface area contributed by atoms with E-state index in [0.717, 1.165) is 23.4 Å². The molecule has 0 spiro atoms. The number of carbonyl (C=O) groups excluding carboxylic acids is 1. The minimum absolute atomic E-state index is 0.0205. The summed E-state index contributed by atoms with van der Waals surface area (Å²) >= 11 is 0. The number of carbonyl (C=O) groups is 1. The van der Waals surface area contributed by atoms with Crippen LogP contribution in [0.4, 0.5) is 4.79 Å². The predicted octanol–water partition coefficient (Wildman–Crippen LogP) is 3.54. The maximum atomic E-state index is 12.3. The quantitative estimate of drug-likeness (QED) is 0.864. The number of rotatable bonds is 6. The lowest BCUT2D eigenvalue weighted by molar-refractivity contribution is 0.194. The van der Waals surface area contributed by atoms with Crippen LogP contribution in [0.25, 0.3) is 0 Å². The summed E-state index contributed by atoms with van der Waals surface area (Å²) in [4.78, 5) is 14.8. The van der Waals surface area contributed by atoms with E-state index in [4.69, 9.17) is 0 Å². The van der Waals surface area contributed by atoms with Crippen LogP contribution in [-0.4, -0.2) is 35.0 Å². The van der Waals surface area contributed by atoms with Gasteiger partial charge in [0.1, 0.15) is 0 Å². The van der Waals surface area contributed by atoms with E-state index in [1.165, 1.54) is 25.7 Å². The first-order chi connectivity index (χ1) is 11.0.